The zero-order valence-electron chi connectivity index (χ0n) is 24.8. The van der Waals surface area contributed by atoms with Crippen molar-refractivity contribution in [1.82, 2.24) is 29.1 Å². The molecule has 0 radical (unpaired) electrons. The number of aromatic nitrogens is 6. The van der Waals surface area contributed by atoms with Gasteiger partial charge in [0.25, 0.3) is 6.47 Å². The Balaban J connectivity index is 1.27. The topological polar surface area (TPSA) is 256 Å². The number of rotatable bonds is 14. The third kappa shape index (κ3) is 7.14. The Bertz CT molecular complexity index is 1520. The molecule has 17 nitrogen and oxygen atoms in total. The van der Waals surface area contributed by atoms with Gasteiger partial charge < -0.3 is 40.4 Å². The van der Waals surface area contributed by atoms with Gasteiger partial charge in [-0.25, -0.2) is 19.7 Å². The van der Waals surface area contributed by atoms with Crippen LogP contribution >= 0.6 is 0 Å². The summed E-state index contributed by atoms with van der Waals surface area (Å²) in [7, 11) is 0. The maximum atomic E-state index is 12.5. The minimum absolute atomic E-state index is 0.0697. The number of hydrogen-bond acceptors (Lipinski definition) is 15. The molecule has 1 unspecified atom stereocenters. The molecule has 2 saturated heterocycles. The maximum Gasteiger partial charge on any atom is 0.351 e. The lowest BCUT2D eigenvalue weighted by molar-refractivity contribution is -0.133. The number of hydrogen-bond donors (Lipinski definition) is 6. The molecule has 3 aromatic heterocycles. The van der Waals surface area contributed by atoms with Crippen molar-refractivity contribution < 1.29 is 39.4 Å². The standard InChI is InChI=1S/C28H40N8O9/c1-14-22-26(32-11-31-14)36(12-33-22)27-24(41)23(40)18(45-27)7-15(5-6-20(29)43-13-38)3-2-4-16-9-35(28(42)34-25(16)30)21-8-17(39)19(10-37)44-21/h9,11-13,15,17-21,23-24,27,37,39-41H,2-8,10,29H2,1H3,(H2,30,34,42)/t15?,17-,18+,19+,20+,21+,23+,24+,27+/m0/s1. The number of carbonyl (C=O) groups is 1. The molecule has 2 aliphatic heterocycles. The summed E-state index contributed by atoms with van der Waals surface area (Å²) in [6.07, 6.45) is 0.153. The Morgan fingerprint density at radius 3 is 2.64 bits per heavy atom. The van der Waals surface area contributed by atoms with E-state index in [1.165, 1.54) is 17.2 Å². The Labute approximate surface area is 257 Å². The van der Waals surface area contributed by atoms with Gasteiger partial charge in [-0.2, -0.15) is 4.98 Å². The van der Waals surface area contributed by atoms with Crippen LogP contribution in [0.25, 0.3) is 11.2 Å². The lowest BCUT2D eigenvalue weighted by atomic mass is 9.88. The predicted molar refractivity (Wildman–Crippen MR) is 156 cm³/mol. The van der Waals surface area contributed by atoms with Crippen LogP contribution in [-0.2, 0) is 25.4 Å². The Morgan fingerprint density at radius 1 is 1.11 bits per heavy atom. The number of nitrogen functional groups attached to an aromatic ring is 1. The van der Waals surface area contributed by atoms with E-state index in [-0.39, 0.29) is 24.8 Å². The van der Waals surface area contributed by atoms with Gasteiger partial charge in [0.15, 0.2) is 18.1 Å². The second-order valence-electron chi connectivity index (χ2n) is 11.6. The first kappa shape index (κ1) is 32.8. The zero-order valence-corrected chi connectivity index (χ0v) is 24.8. The molecule has 2 aliphatic rings. The molecule has 0 amide bonds. The van der Waals surface area contributed by atoms with Gasteiger partial charge in [0.2, 0.25) is 0 Å². The number of carbonyl (C=O) groups excluding carboxylic acids is 1. The molecule has 0 bridgehead atoms. The molecule has 0 spiro atoms. The quantitative estimate of drug-likeness (QED) is 0.0901. The number of fused-ring (bicyclic) bond motifs is 1. The molecular weight excluding hydrogens is 592 g/mol. The second-order valence-corrected chi connectivity index (χ2v) is 11.6. The van der Waals surface area contributed by atoms with Crippen molar-refractivity contribution in [3.05, 3.63) is 40.6 Å². The van der Waals surface area contributed by atoms with Crippen molar-refractivity contribution in [3.63, 3.8) is 0 Å². The lowest BCUT2D eigenvalue weighted by Gasteiger charge is -2.24. The molecular formula is C28H40N8O9. The second kappa shape index (κ2) is 14.2. The summed E-state index contributed by atoms with van der Waals surface area (Å²) < 4.78 is 19.5. The van der Waals surface area contributed by atoms with E-state index in [4.69, 9.17) is 25.7 Å². The minimum Gasteiger partial charge on any atom is -0.449 e. The van der Waals surface area contributed by atoms with Gasteiger partial charge in [0, 0.05) is 18.2 Å². The van der Waals surface area contributed by atoms with E-state index in [9.17, 15) is 30.0 Å². The van der Waals surface area contributed by atoms with Crippen LogP contribution < -0.4 is 17.2 Å². The van der Waals surface area contributed by atoms with Crippen molar-refractivity contribution >= 4 is 23.5 Å². The van der Waals surface area contributed by atoms with E-state index in [0.29, 0.717) is 67.4 Å². The summed E-state index contributed by atoms with van der Waals surface area (Å²) in [5, 5.41) is 41.4. The Hall–Kier alpha value is -3.58. The van der Waals surface area contributed by atoms with Crippen LogP contribution in [0.3, 0.4) is 0 Å². The molecule has 8 N–H and O–H groups in total. The van der Waals surface area contributed by atoms with Gasteiger partial charge in [-0.05, 0) is 44.9 Å². The number of ether oxygens (including phenoxy) is 3. The van der Waals surface area contributed by atoms with Gasteiger partial charge in [-0.3, -0.25) is 19.7 Å². The van der Waals surface area contributed by atoms with Crippen LogP contribution in [0.2, 0.25) is 0 Å². The van der Waals surface area contributed by atoms with E-state index in [1.54, 1.807) is 17.7 Å². The number of aliphatic hydroxyl groups excluding tert-OH is 4. The van der Waals surface area contributed by atoms with Gasteiger partial charge in [-0.15, -0.1) is 0 Å². The number of nitrogens with zero attached hydrogens (tertiary/aromatic N) is 6. The number of aliphatic hydroxyl groups is 4. The summed E-state index contributed by atoms with van der Waals surface area (Å²) in [6.45, 7) is 1.72. The first-order valence-electron chi connectivity index (χ1n) is 14.9. The van der Waals surface area contributed by atoms with Gasteiger partial charge in [0.1, 0.15) is 42.2 Å². The fourth-order valence-corrected chi connectivity index (χ4v) is 6.11. The van der Waals surface area contributed by atoms with Crippen LogP contribution in [0.4, 0.5) is 5.82 Å². The number of nitrogens with two attached hydrogens (primary N) is 2. The molecule has 0 aliphatic carbocycles. The third-order valence-corrected chi connectivity index (χ3v) is 8.62. The van der Waals surface area contributed by atoms with Gasteiger partial charge >= 0.3 is 5.69 Å². The fourth-order valence-electron chi connectivity index (χ4n) is 6.11. The van der Waals surface area contributed by atoms with Crippen LogP contribution in [-0.4, -0.2) is 99.3 Å². The number of aryl methyl sites for hydroxylation is 2. The number of imidazole rings is 1. The summed E-state index contributed by atoms with van der Waals surface area (Å²) in [5.41, 5.74) is 13.7. The predicted octanol–water partition coefficient (Wildman–Crippen LogP) is -1.20. The summed E-state index contributed by atoms with van der Waals surface area (Å²) >= 11 is 0. The van der Waals surface area contributed by atoms with Gasteiger partial charge in [-0.1, -0.05) is 6.42 Å². The maximum absolute atomic E-state index is 12.5. The van der Waals surface area contributed by atoms with Crippen LogP contribution in [0, 0.1) is 12.8 Å². The van der Waals surface area contributed by atoms with E-state index in [0.717, 1.165) is 0 Å². The minimum atomic E-state index is -1.24. The molecule has 3 aromatic rings. The van der Waals surface area contributed by atoms with Gasteiger partial charge in [0.05, 0.1) is 30.8 Å². The highest BCUT2D eigenvalue weighted by atomic mass is 16.6. The Morgan fingerprint density at radius 2 is 1.91 bits per heavy atom. The van der Waals surface area contributed by atoms with Crippen LogP contribution in [0.1, 0.15) is 62.2 Å². The summed E-state index contributed by atoms with van der Waals surface area (Å²) in [4.78, 5) is 40.0. The lowest BCUT2D eigenvalue weighted by Crippen LogP contribution is -2.33. The van der Waals surface area contributed by atoms with Crippen molar-refractivity contribution in [1.29, 1.82) is 0 Å². The molecule has 2 fully saturated rings. The molecule has 246 valence electrons. The average molecular weight is 633 g/mol. The smallest absolute Gasteiger partial charge is 0.351 e. The Kier molecular flexibility index (Phi) is 10.4. The largest absolute Gasteiger partial charge is 0.449 e. The first-order valence-corrected chi connectivity index (χ1v) is 14.9. The highest BCUT2D eigenvalue weighted by Crippen LogP contribution is 2.36. The molecule has 5 rings (SSSR count). The van der Waals surface area contributed by atoms with Crippen molar-refractivity contribution in [2.75, 3.05) is 12.3 Å². The zero-order chi connectivity index (χ0) is 32.2. The third-order valence-electron chi connectivity index (χ3n) is 8.62. The van der Waals surface area contributed by atoms with Crippen molar-refractivity contribution in [2.45, 2.75) is 101 Å². The van der Waals surface area contributed by atoms with E-state index >= 15 is 0 Å². The number of anilines is 1. The normalized spacial score (nSPS) is 28.0. The van der Waals surface area contributed by atoms with Crippen molar-refractivity contribution in [3.8, 4) is 0 Å². The highest BCUT2D eigenvalue weighted by Gasteiger charge is 2.45. The highest BCUT2D eigenvalue weighted by molar-refractivity contribution is 5.72. The van der Waals surface area contributed by atoms with Crippen LogP contribution in [0.15, 0.2) is 23.6 Å². The van der Waals surface area contributed by atoms with E-state index in [2.05, 4.69) is 19.9 Å². The van der Waals surface area contributed by atoms with E-state index < -0.39 is 54.9 Å². The average Bonchev–Trinajstić information content (AvgIpc) is 3.69. The molecule has 0 saturated carbocycles. The molecule has 17 heteroatoms. The SMILES string of the molecule is Cc1ncnc2c1ncn2[C@@H]1O[C@H](CC(CCCc2cn([C@H]3C[C@H](O)[C@@H](CO)O3)c(=O)nc2N)CC[C@H](N)OC=O)[C@@H](O)[C@H]1O. The molecule has 45 heavy (non-hydrogen) atoms. The molecule has 5 heterocycles. The molecule has 9 atom stereocenters. The fraction of sp³-hybridized carbons (Fsp3) is 0.643. The molecule has 0 aromatic carbocycles. The summed E-state index contributed by atoms with van der Waals surface area (Å²) in [5.74, 6) is 0.0123. The van der Waals surface area contributed by atoms with Crippen LogP contribution in [0.5, 0.6) is 0 Å². The first-order chi connectivity index (χ1) is 21.6. The summed E-state index contributed by atoms with van der Waals surface area (Å²) in [6, 6.07) is 0. The monoisotopic (exact) mass is 632 g/mol. The van der Waals surface area contributed by atoms with Crippen molar-refractivity contribution in [2.24, 2.45) is 11.7 Å². The van der Waals surface area contributed by atoms with E-state index in [1.807, 2.05) is 0 Å².